The van der Waals surface area contributed by atoms with Gasteiger partial charge in [-0.05, 0) is 57.9 Å². The van der Waals surface area contributed by atoms with Crippen LogP contribution in [0.2, 0.25) is 5.02 Å². The number of likely N-dealkylation sites (tertiary alicyclic amines) is 1. The van der Waals surface area contributed by atoms with E-state index in [1.807, 2.05) is 12.1 Å². The van der Waals surface area contributed by atoms with E-state index in [-0.39, 0.29) is 17.6 Å². The van der Waals surface area contributed by atoms with Gasteiger partial charge in [-0.25, -0.2) is 0 Å². The minimum absolute atomic E-state index is 0.0924. The summed E-state index contributed by atoms with van der Waals surface area (Å²) in [5, 5.41) is 0.650. The van der Waals surface area contributed by atoms with Crippen molar-refractivity contribution in [3.05, 3.63) is 28.8 Å². The topological polar surface area (TPSA) is 38.5 Å². The molecule has 1 aliphatic rings. The van der Waals surface area contributed by atoms with Crippen LogP contribution in [-0.2, 0) is 0 Å². The van der Waals surface area contributed by atoms with Gasteiger partial charge in [0.15, 0.2) is 0 Å². The molecule has 1 aromatic rings. The molecule has 20 heavy (non-hydrogen) atoms. The van der Waals surface area contributed by atoms with Gasteiger partial charge in [0, 0.05) is 11.6 Å². The van der Waals surface area contributed by atoms with Gasteiger partial charge in [0.2, 0.25) is 0 Å². The number of halogens is 1. The van der Waals surface area contributed by atoms with E-state index in [0.717, 1.165) is 19.4 Å². The minimum Gasteiger partial charge on any atom is -0.495 e. The normalized spacial score (nSPS) is 24.7. The van der Waals surface area contributed by atoms with Gasteiger partial charge in [-0.15, -0.1) is 0 Å². The zero-order chi connectivity index (χ0) is 14.9. The molecule has 1 aromatic carbocycles. The molecule has 0 amide bonds. The lowest BCUT2D eigenvalue weighted by Gasteiger charge is -2.47. The molecular formula is C16H25ClN2O. The summed E-state index contributed by atoms with van der Waals surface area (Å²) in [6.45, 7) is 7.79. The van der Waals surface area contributed by atoms with E-state index < -0.39 is 0 Å². The van der Waals surface area contributed by atoms with Gasteiger partial charge in [-0.1, -0.05) is 17.7 Å². The summed E-state index contributed by atoms with van der Waals surface area (Å²) in [4.78, 5) is 2.49. The molecule has 0 saturated carbocycles. The van der Waals surface area contributed by atoms with Gasteiger partial charge in [-0.2, -0.15) is 0 Å². The smallest absolute Gasteiger partial charge is 0.137 e. The molecule has 112 valence electrons. The Morgan fingerprint density at radius 3 is 2.60 bits per heavy atom. The average molecular weight is 297 g/mol. The molecule has 0 aromatic heterocycles. The predicted molar refractivity (Wildman–Crippen MR) is 84.4 cm³/mol. The number of methoxy groups -OCH3 is 1. The first-order valence-corrected chi connectivity index (χ1v) is 7.58. The van der Waals surface area contributed by atoms with E-state index in [9.17, 15) is 0 Å². The van der Waals surface area contributed by atoms with Crippen LogP contribution in [0.15, 0.2) is 18.2 Å². The predicted octanol–water partition coefficient (Wildman–Crippen LogP) is 3.61. The molecule has 3 nitrogen and oxygen atoms in total. The molecule has 1 heterocycles. The van der Waals surface area contributed by atoms with E-state index >= 15 is 0 Å². The Morgan fingerprint density at radius 1 is 1.35 bits per heavy atom. The van der Waals surface area contributed by atoms with Crippen LogP contribution >= 0.6 is 11.6 Å². The second kappa shape index (κ2) is 5.92. The lowest BCUT2D eigenvalue weighted by molar-refractivity contribution is 0.0384. The summed E-state index contributed by atoms with van der Waals surface area (Å²) in [6.07, 6.45) is 2.21. The number of hydrogen-bond donors (Lipinski definition) is 1. The number of ether oxygens (including phenoxy) is 1. The maximum absolute atomic E-state index is 6.40. The molecule has 2 rings (SSSR count). The van der Waals surface area contributed by atoms with E-state index in [4.69, 9.17) is 22.1 Å². The van der Waals surface area contributed by atoms with Crippen molar-refractivity contribution in [3.63, 3.8) is 0 Å². The Labute approximate surface area is 127 Å². The Bertz CT molecular complexity index is 470. The van der Waals surface area contributed by atoms with E-state index in [1.165, 1.54) is 5.56 Å². The van der Waals surface area contributed by atoms with Crippen molar-refractivity contribution in [1.82, 2.24) is 4.90 Å². The van der Waals surface area contributed by atoms with Crippen molar-refractivity contribution < 1.29 is 4.74 Å². The summed E-state index contributed by atoms with van der Waals surface area (Å²) in [7, 11) is 1.63. The third kappa shape index (κ3) is 3.11. The Balaban J connectivity index is 2.38. The maximum Gasteiger partial charge on any atom is 0.137 e. The molecule has 0 spiro atoms. The van der Waals surface area contributed by atoms with Crippen LogP contribution in [0.4, 0.5) is 0 Å². The van der Waals surface area contributed by atoms with Crippen LogP contribution in [0.5, 0.6) is 5.75 Å². The molecule has 0 bridgehead atoms. The van der Waals surface area contributed by atoms with E-state index in [1.54, 1.807) is 7.11 Å². The van der Waals surface area contributed by atoms with Crippen molar-refractivity contribution in [1.29, 1.82) is 0 Å². The molecule has 2 atom stereocenters. The number of nitrogens with two attached hydrogens (primary N) is 1. The zero-order valence-electron chi connectivity index (χ0n) is 12.8. The molecule has 2 unspecified atom stereocenters. The minimum atomic E-state index is 0.0924. The number of hydrogen-bond acceptors (Lipinski definition) is 3. The van der Waals surface area contributed by atoms with E-state index in [0.29, 0.717) is 10.8 Å². The molecule has 1 aliphatic heterocycles. The fraction of sp³-hybridized carbons (Fsp3) is 0.625. The van der Waals surface area contributed by atoms with Crippen LogP contribution in [0.1, 0.15) is 45.2 Å². The van der Waals surface area contributed by atoms with Crippen LogP contribution < -0.4 is 10.5 Å². The van der Waals surface area contributed by atoms with Gasteiger partial charge < -0.3 is 10.5 Å². The largest absolute Gasteiger partial charge is 0.495 e. The third-order valence-corrected chi connectivity index (χ3v) is 4.35. The second-order valence-electron chi connectivity index (χ2n) is 6.51. The summed E-state index contributed by atoms with van der Waals surface area (Å²) in [5.74, 6) is 0.710. The fourth-order valence-corrected chi connectivity index (χ4v) is 3.34. The van der Waals surface area contributed by atoms with Crippen molar-refractivity contribution in [2.45, 2.75) is 51.2 Å². The van der Waals surface area contributed by atoms with Crippen LogP contribution in [0.25, 0.3) is 0 Å². The Morgan fingerprint density at radius 2 is 2.05 bits per heavy atom. The maximum atomic E-state index is 6.40. The fourth-order valence-electron chi connectivity index (χ4n) is 3.07. The Hall–Kier alpha value is -0.770. The van der Waals surface area contributed by atoms with Crippen LogP contribution in [0, 0.1) is 0 Å². The first-order valence-electron chi connectivity index (χ1n) is 7.20. The monoisotopic (exact) mass is 296 g/mol. The second-order valence-corrected chi connectivity index (χ2v) is 6.92. The SMILES string of the molecule is COc1ccc(C2C(N)CCCN2C(C)(C)C)cc1Cl. The number of nitrogens with zero attached hydrogens (tertiary/aromatic N) is 1. The van der Waals surface area contributed by atoms with Gasteiger partial charge in [0.25, 0.3) is 0 Å². The van der Waals surface area contributed by atoms with Gasteiger partial charge >= 0.3 is 0 Å². The van der Waals surface area contributed by atoms with Crippen LogP contribution in [0.3, 0.4) is 0 Å². The van der Waals surface area contributed by atoms with Crippen molar-refractivity contribution in [2.24, 2.45) is 5.73 Å². The molecule has 1 fully saturated rings. The number of benzene rings is 1. The quantitative estimate of drug-likeness (QED) is 0.906. The molecule has 1 saturated heterocycles. The summed E-state index contributed by atoms with van der Waals surface area (Å²) in [6, 6.07) is 6.37. The standard InChI is InChI=1S/C16H25ClN2O/c1-16(2,3)19-9-5-6-13(18)15(19)11-7-8-14(20-4)12(17)10-11/h7-8,10,13,15H,5-6,9,18H2,1-4H3. The zero-order valence-corrected chi connectivity index (χ0v) is 13.6. The molecule has 0 radical (unpaired) electrons. The highest BCUT2D eigenvalue weighted by molar-refractivity contribution is 6.32. The summed E-state index contributed by atoms with van der Waals surface area (Å²) >= 11 is 6.27. The first kappa shape index (κ1) is 15.6. The average Bonchev–Trinajstić information content (AvgIpc) is 2.37. The number of piperidine rings is 1. The van der Waals surface area contributed by atoms with E-state index in [2.05, 4.69) is 31.7 Å². The van der Waals surface area contributed by atoms with Crippen molar-refractivity contribution >= 4 is 11.6 Å². The Kier molecular flexibility index (Phi) is 4.62. The lowest BCUT2D eigenvalue weighted by Crippen LogP contribution is -2.53. The molecule has 2 N–H and O–H groups in total. The van der Waals surface area contributed by atoms with Gasteiger partial charge in [0.05, 0.1) is 18.2 Å². The summed E-state index contributed by atoms with van der Waals surface area (Å²) < 4.78 is 5.23. The molecule has 0 aliphatic carbocycles. The highest BCUT2D eigenvalue weighted by atomic mass is 35.5. The highest BCUT2D eigenvalue weighted by Crippen LogP contribution is 2.37. The van der Waals surface area contributed by atoms with Gasteiger partial charge in [-0.3, -0.25) is 4.90 Å². The van der Waals surface area contributed by atoms with Crippen molar-refractivity contribution in [3.8, 4) is 5.75 Å². The van der Waals surface area contributed by atoms with Crippen LogP contribution in [-0.4, -0.2) is 30.1 Å². The number of rotatable bonds is 2. The summed E-state index contributed by atoms with van der Waals surface area (Å²) in [5.41, 5.74) is 7.67. The molecular weight excluding hydrogens is 272 g/mol. The van der Waals surface area contributed by atoms with Crippen molar-refractivity contribution in [2.75, 3.05) is 13.7 Å². The molecule has 4 heteroatoms. The highest BCUT2D eigenvalue weighted by Gasteiger charge is 2.36. The van der Waals surface area contributed by atoms with Gasteiger partial charge in [0.1, 0.15) is 5.75 Å². The lowest BCUT2D eigenvalue weighted by atomic mass is 9.87. The third-order valence-electron chi connectivity index (χ3n) is 4.06. The first-order chi connectivity index (χ1) is 9.34.